The van der Waals surface area contributed by atoms with Crippen molar-refractivity contribution < 1.29 is 19.1 Å². The smallest absolute Gasteiger partial charge is 0.253 e. The molecule has 2 aliphatic heterocycles. The van der Waals surface area contributed by atoms with E-state index >= 15 is 0 Å². The van der Waals surface area contributed by atoms with Crippen LogP contribution in [0, 0.1) is 5.92 Å². The summed E-state index contributed by atoms with van der Waals surface area (Å²) >= 11 is 0. The maximum absolute atomic E-state index is 12.8. The van der Waals surface area contributed by atoms with Gasteiger partial charge in [-0.3, -0.25) is 14.4 Å². The summed E-state index contributed by atoms with van der Waals surface area (Å²) in [5, 5.41) is 0. The summed E-state index contributed by atoms with van der Waals surface area (Å²) in [5.41, 5.74) is 0.622. The molecule has 3 aliphatic rings. The molecule has 1 atom stereocenters. The van der Waals surface area contributed by atoms with Crippen LogP contribution in [0.4, 0.5) is 0 Å². The van der Waals surface area contributed by atoms with E-state index in [0.717, 1.165) is 12.8 Å². The molecule has 1 aliphatic carbocycles. The van der Waals surface area contributed by atoms with E-state index in [2.05, 4.69) is 0 Å². The fourth-order valence-corrected chi connectivity index (χ4v) is 3.94. The second kappa shape index (κ2) is 7.21. The van der Waals surface area contributed by atoms with E-state index < -0.39 is 0 Å². The summed E-state index contributed by atoms with van der Waals surface area (Å²) in [4.78, 5) is 43.0. The van der Waals surface area contributed by atoms with Crippen LogP contribution in [-0.4, -0.2) is 78.3 Å². The SMILES string of the molecule is COc1ccc(C(=O)N2CCN(C(=O)[C@@H]3CC(=O)N(C4CC4)C3)CC2)cc1. The third-order valence-electron chi connectivity index (χ3n) is 5.71. The number of amides is 3. The Morgan fingerprint density at radius 2 is 1.63 bits per heavy atom. The van der Waals surface area contributed by atoms with E-state index in [4.69, 9.17) is 4.74 Å². The number of piperazine rings is 1. The summed E-state index contributed by atoms with van der Waals surface area (Å²) in [6.07, 6.45) is 2.47. The number of benzene rings is 1. The van der Waals surface area contributed by atoms with Gasteiger partial charge in [0.1, 0.15) is 5.75 Å². The van der Waals surface area contributed by atoms with Crippen molar-refractivity contribution in [2.45, 2.75) is 25.3 Å². The topological polar surface area (TPSA) is 70.2 Å². The molecule has 7 heteroatoms. The molecule has 0 unspecified atom stereocenters. The van der Waals surface area contributed by atoms with Crippen molar-refractivity contribution in [1.82, 2.24) is 14.7 Å². The number of ether oxygens (including phenoxy) is 1. The standard InChI is InChI=1S/C20H25N3O4/c1-27-17-6-2-14(3-7-17)19(25)21-8-10-22(11-9-21)20(26)15-12-18(24)23(13-15)16-4-5-16/h2-3,6-7,15-16H,4-5,8-13H2,1H3/t15-/m1/s1. The predicted octanol–water partition coefficient (Wildman–Crippen LogP) is 0.991. The maximum Gasteiger partial charge on any atom is 0.253 e. The van der Waals surface area contributed by atoms with Crippen LogP contribution in [0.15, 0.2) is 24.3 Å². The zero-order valence-corrected chi connectivity index (χ0v) is 15.6. The normalized spacial score (nSPS) is 22.9. The van der Waals surface area contributed by atoms with E-state index in [9.17, 15) is 14.4 Å². The van der Waals surface area contributed by atoms with Crippen molar-refractivity contribution in [3.63, 3.8) is 0 Å². The molecule has 3 fully saturated rings. The Bertz CT molecular complexity index is 736. The third-order valence-corrected chi connectivity index (χ3v) is 5.71. The maximum atomic E-state index is 12.8. The van der Waals surface area contributed by atoms with Crippen LogP contribution in [0.3, 0.4) is 0 Å². The minimum absolute atomic E-state index is 0.0271. The minimum atomic E-state index is -0.220. The first-order valence-corrected chi connectivity index (χ1v) is 9.58. The molecule has 0 aromatic heterocycles. The van der Waals surface area contributed by atoms with Crippen LogP contribution in [0.2, 0.25) is 0 Å². The first-order chi connectivity index (χ1) is 13.1. The highest BCUT2D eigenvalue weighted by Gasteiger charge is 2.43. The summed E-state index contributed by atoms with van der Waals surface area (Å²) in [6, 6.07) is 7.44. The Labute approximate surface area is 158 Å². The Morgan fingerprint density at radius 1 is 1.00 bits per heavy atom. The molecule has 2 saturated heterocycles. The molecular weight excluding hydrogens is 346 g/mol. The van der Waals surface area contributed by atoms with Gasteiger partial charge >= 0.3 is 0 Å². The largest absolute Gasteiger partial charge is 0.497 e. The molecular formula is C20H25N3O4. The van der Waals surface area contributed by atoms with Gasteiger partial charge in [-0.25, -0.2) is 0 Å². The highest BCUT2D eigenvalue weighted by Crippen LogP contribution is 2.33. The third kappa shape index (κ3) is 3.63. The van der Waals surface area contributed by atoms with E-state index in [0.29, 0.717) is 56.5 Å². The van der Waals surface area contributed by atoms with E-state index in [1.54, 1.807) is 36.3 Å². The van der Waals surface area contributed by atoms with Crippen LogP contribution in [0.25, 0.3) is 0 Å². The Morgan fingerprint density at radius 3 is 2.22 bits per heavy atom. The number of carbonyl (C=O) groups is 3. The van der Waals surface area contributed by atoms with Crippen molar-refractivity contribution in [2.75, 3.05) is 39.8 Å². The lowest BCUT2D eigenvalue weighted by Crippen LogP contribution is -2.52. The van der Waals surface area contributed by atoms with Gasteiger partial charge in [0, 0.05) is 50.7 Å². The molecule has 1 aromatic rings. The van der Waals surface area contributed by atoms with Crippen molar-refractivity contribution in [1.29, 1.82) is 0 Å². The van der Waals surface area contributed by atoms with Gasteiger partial charge in [-0.15, -0.1) is 0 Å². The van der Waals surface area contributed by atoms with Gasteiger partial charge in [0.05, 0.1) is 13.0 Å². The highest BCUT2D eigenvalue weighted by molar-refractivity contribution is 5.94. The predicted molar refractivity (Wildman–Crippen MR) is 98.3 cm³/mol. The molecule has 0 bridgehead atoms. The van der Waals surface area contributed by atoms with Crippen molar-refractivity contribution in [3.05, 3.63) is 29.8 Å². The van der Waals surface area contributed by atoms with Gasteiger partial charge in [-0.05, 0) is 37.1 Å². The molecule has 0 spiro atoms. The zero-order chi connectivity index (χ0) is 19.0. The monoisotopic (exact) mass is 371 g/mol. The number of likely N-dealkylation sites (tertiary alicyclic amines) is 1. The fourth-order valence-electron chi connectivity index (χ4n) is 3.94. The van der Waals surface area contributed by atoms with Gasteiger partial charge in [0.2, 0.25) is 11.8 Å². The van der Waals surface area contributed by atoms with Crippen molar-refractivity contribution in [2.24, 2.45) is 5.92 Å². The van der Waals surface area contributed by atoms with Crippen molar-refractivity contribution >= 4 is 17.7 Å². The lowest BCUT2D eigenvalue weighted by molar-refractivity contribution is -0.137. The highest BCUT2D eigenvalue weighted by atomic mass is 16.5. The second-order valence-corrected chi connectivity index (χ2v) is 7.52. The van der Waals surface area contributed by atoms with Crippen LogP contribution in [0.1, 0.15) is 29.6 Å². The molecule has 3 amide bonds. The summed E-state index contributed by atoms with van der Waals surface area (Å²) in [7, 11) is 1.59. The molecule has 1 saturated carbocycles. The van der Waals surface area contributed by atoms with Crippen molar-refractivity contribution in [3.8, 4) is 5.75 Å². The number of nitrogens with zero attached hydrogens (tertiary/aromatic N) is 3. The number of rotatable bonds is 4. The molecule has 1 aromatic carbocycles. The molecule has 2 heterocycles. The van der Waals surface area contributed by atoms with Gasteiger partial charge in [0.25, 0.3) is 5.91 Å². The van der Waals surface area contributed by atoms with Gasteiger partial charge < -0.3 is 19.4 Å². The average Bonchev–Trinajstić information content (AvgIpc) is 3.48. The molecule has 4 rings (SSSR count). The summed E-state index contributed by atoms with van der Waals surface area (Å²) in [6.45, 7) is 2.64. The number of carbonyl (C=O) groups excluding carboxylic acids is 3. The quantitative estimate of drug-likeness (QED) is 0.792. The van der Waals surface area contributed by atoms with Crippen LogP contribution in [0.5, 0.6) is 5.75 Å². The van der Waals surface area contributed by atoms with Crippen LogP contribution < -0.4 is 4.74 Å². The lowest BCUT2D eigenvalue weighted by Gasteiger charge is -2.36. The van der Waals surface area contributed by atoms with Gasteiger partial charge in [-0.1, -0.05) is 0 Å². The lowest BCUT2D eigenvalue weighted by atomic mass is 10.1. The first kappa shape index (κ1) is 17.8. The molecule has 144 valence electrons. The number of methoxy groups -OCH3 is 1. The summed E-state index contributed by atoms with van der Waals surface area (Å²) < 4.78 is 5.12. The Hall–Kier alpha value is -2.57. The fraction of sp³-hybridized carbons (Fsp3) is 0.550. The van der Waals surface area contributed by atoms with E-state index in [-0.39, 0.29) is 23.6 Å². The number of hydrogen-bond donors (Lipinski definition) is 0. The van der Waals surface area contributed by atoms with E-state index in [1.165, 1.54) is 0 Å². The second-order valence-electron chi connectivity index (χ2n) is 7.52. The van der Waals surface area contributed by atoms with Crippen LogP contribution in [-0.2, 0) is 9.59 Å². The Kier molecular flexibility index (Phi) is 4.76. The Balaban J connectivity index is 1.31. The zero-order valence-electron chi connectivity index (χ0n) is 15.6. The molecule has 0 N–H and O–H groups in total. The molecule has 27 heavy (non-hydrogen) atoms. The molecule has 7 nitrogen and oxygen atoms in total. The first-order valence-electron chi connectivity index (χ1n) is 9.58. The molecule has 0 radical (unpaired) electrons. The average molecular weight is 371 g/mol. The minimum Gasteiger partial charge on any atom is -0.497 e. The van der Waals surface area contributed by atoms with E-state index in [1.807, 2.05) is 9.80 Å². The number of hydrogen-bond acceptors (Lipinski definition) is 4. The summed E-state index contributed by atoms with van der Waals surface area (Å²) in [5.74, 6) is 0.642. The van der Waals surface area contributed by atoms with Crippen LogP contribution >= 0.6 is 0 Å². The van der Waals surface area contributed by atoms with Gasteiger partial charge in [0.15, 0.2) is 0 Å². The van der Waals surface area contributed by atoms with Gasteiger partial charge in [-0.2, -0.15) is 0 Å².